The number of carbonyl (C=O) groups is 3. The lowest BCUT2D eigenvalue weighted by molar-refractivity contribution is -0.175. The van der Waals surface area contributed by atoms with Crippen LogP contribution in [0.1, 0.15) is 47.4 Å². The number of aliphatic hydroxyl groups excluding tert-OH is 1. The molecule has 0 amide bonds. The maximum absolute atomic E-state index is 12.7. The van der Waals surface area contributed by atoms with Gasteiger partial charge in [-0.1, -0.05) is 43.3 Å². The van der Waals surface area contributed by atoms with Crippen molar-refractivity contribution in [2.45, 2.75) is 51.1 Å². The largest absolute Gasteiger partial charge is 0.463 e. The topological polar surface area (TPSA) is 108 Å². The van der Waals surface area contributed by atoms with Crippen molar-refractivity contribution in [2.24, 2.45) is 5.92 Å². The molecule has 2 aromatic carbocycles. The first-order chi connectivity index (χ1) is 16.4. The summed E-state index contributed by atoms with van der Waals surface area (Å²) in [5.74, 6) is -1.62. The first-order valence-electron chi connectivity index (χ1n) is 11.3. The SMILES string of the molecule is CC(=O)OC[C@@H]1O[C@H](CO)[C@@H](OC(=O)c2ccccc2)C[C@@H](C)C[C@H]1OC(=O)c1ccccc1. The van der Waals surface area contributed by atoms with Gasteiger partial charge in [0.25, 0.3) is 0 Å². The third-order valence-corrected chi connectivity index (χ3v) is 5.61. The Balaban J connectivity index is 1.79. The second kappa shape index (κ2) is 12.3. The summed E-state index contributed by atoms with van der Waals surface area (Å²) < 4.78 is 22.7. The van der Waals surface area contributed by atoms with Crippen molar-refractivity contribution in [3.63, 3.8) is 0 Å². The number of hydrogen-bond donors (Lipinski definition) is 1. The fraction of sp³-hybridized carbons (Fsp3) is 0.423. The summed E-state index contributed by atoms with van der Waals surface area (Å²) in [7, 11) is 0. The monoisotopic (exact) mass is 470 g/mol. The highest BCUT2D eigenvalue weighted by Gasteiger charge is 2.39. The number of ether oxygens (including phenoxy) is 4. The van der Waals surface area contributed by atoms with E-state index in [1.807, 2.05) is 6.92 Å². The normalized spacial score (nSPS) is 24.9. The van der Waals surface area contributed by atoms with Crippen LogP contribution in [0.25, 0.3) is 0 Å². The van der Waals surface area contributed by atoms with Crippen molar-refractivity contribution in [3.05, 3.63) is 71.8 Å². The highest BCUT2D eigenvalue weighted by Crippen LogP contribution is 2.28. The molecule has 1 saturated heterocycles. The van der Waals surface area contributed by atoms with Gasteiger partial charge in [0, 0.05) is 6.92 Å². The van der Waals surface area contributed by atoms with Gasteiger partial charge in [-0.3, -0.25) is 4.79 Å². The molecule has 1 aliphatic heterocycles. The maximum Gasteiger partial charge on any atom is 0.338 e. The van der Waals surface area contributed by atoms with Crippen LogP contribution in [-0.2, 0) is 23.7 Å². The van der Waals surface area contributed by atoms with E-state index in [0.29, 0.717) is 24.0 Å². The molecule has 8 heteroatoms. The lowest BCUT2D eigenvalue weighted by Crippen LogP contribution is -2.49. The molecule has 1 heterocycles. The summed E-state index contributed by atoms with van der Waals surface area (Å²) in [5.41, 5.74) is 0.775. The van der Waals surface area contributed by atoms with Gasteiger partial charge in [0.1, 0.15) is 31.0 Å². The first-order valence-corrected chi connectivity index (χ1v) is 11.3. The number of carbonyl (C=O) groups excluding carboxylic acids is 3. The molecular formula is C26H30O8. The van der Waals surface area contributed by atoms with Crippen LogP contribution < -0.4 is 0 Å². The zero-order valence-corrected chi connectivity index (χ0v) is 19.3. The molecule has 3 rings (SSSR count). The Kier molecular flexibility index (Phi) is 9.18. The van der Waals surface area contributed by atoms with Crippen LogP contribution >= 0.6 is 0 Å². The summed E-state index contributed by atoms with van der Waals surface area (Å²) >= 11 is 0. The van der Waals surface area contributed by atoms with Gasteiger partial charge in [-0.05, 0) is 43.0 Å². The van der Waals surface area contributed by atoms with Crippen LogP contribution in [0.3, 0.4) is 0 Å². The van der Waals surface area contributed by atoms with E-state index >= 15 is 0 Å². The Morgan fingerprint density at radius 2 is 1.32 bits per heavy atom. The Morgan fingerprint density at radius 3 is 1.76 bits per heavy atom. The van der Waals surface area contributed by atoms with Gasteiger partial charge in [-0.15, -0.1) is 0 Å². The summed E-state index contributed by atoms with van der Waals surface area (Å²) in [6, 6.07) is 17.1. The highest BCUT2D eigenvalue weighted by atomic mass is 16.6. The number of aliphatic hydroxyl groups is 1. The zero-order valence-electron chi connectivity index (χ0n) is 19.3. The summed E-state index contributed by atoms with van der Waals surface area (Å²) in [6.45, 7) is 2.60. The molecule has 8 nitrogen and oxygen atoms in total. The van der Waals surface area contributed by atoms with E-state index < -0.39 is 48.9 Å². The van der Waals surface area contributed by atoms with Crippen LogP contribution in [-0.4, -0.2) is 60.6 Å². The Morgan fingerprint density at radius 1 is 0.853 bits per heavy atom. The molecule has 1 aliphatic rings. The van der Waals surface area contributed by atoms with E-state index in [2.05, 4.69) is 0 Å². The fourth-order valence-corrected chi connectivity index (χ4v) is 3.91. The van der Waals surface area contributed by atoms with Gasteiger partial charge in [0.15, 0.2) is 0 Å². The van der Waals surface area contributed by atoms with E-state index in [-0.39, 0.29) is 12.5 Å². The van der Waals surface area contributed by atoms with Crippen LogP contribution in [0.15, 0.2) is 60.7 Å². The van der Waals surface area contributed by atoms with E-state index in [4.69, 9.17) is 18.9 Å². The molecular weight excluding hydrogens is 440 g/mol. The average Bonchev–Trinajstić information content (AvgIpc) is 2.83. The number of esters is 3. The Labute approximate surface area is 198 Å². The first kappa shape index (κ1) is 25.4. The zero-order chi connectivity index (χ0) is 24.5. The molecule has 182 valence electrons. The second-order valence-electron chi connectivity index (χ2n) is 8.39. The molecule has 0 aliphatic carbocycles. The lowest BCUT2D eigenvalue weighted by Gasteiger charge is -2.37. The van der Waals surface area contributed by atoms with Gasteiger partial charge < -0.3 is 24.1 Å². The fourth-order valence-electron chi connectivity index (χ4n) is 3.91. The highest BCUT2D eigenvalue weighted by molar-refractivity contribution is 5.90. The number of benzene rings is 2. The molecule has 5 atom stereocenters. The van der Waals surface area contributed by atoms with E-state index in [1.165, 1.54) is 6.92 Å². The van der Waals surface area contributed by atoms with E-state index in [1.54, 1.807) is 60.7 Å². The minimum Gasteiger partial charge on any atom is -0.463 e. The van der Waals surface area contributed by atoms with Crippen LogP contribution in [0.4, 0.5) is 0 Å². The summed E-state index contributed by atoms with van der Waals surface area (Å²) in [6.07, 6.45) is -2.44. The second-order valence-corrected chi connectivity index (χ2v) is 8.39. The quantitative estimate of drug-likeness (QED) is 0.486. The standard InChI is InChI=1S/C26H30O8/c1-17-13-21(33-25(29)19-9-5-3-6-10-19)23(15-27)32-24(16-31-18(2)28)22(14-17)34-26(30)20-11-7-4-8-12-20/h3-12,17,21-24,27H,13-16H2,1-2H3/t17-,21+,22-,23-,24+/m1/s1. The molecule has 0 unspecified atom stereocenters. The van der Waals surface area contributed by atoms with Gasteiger partial charge >= 0.3 is 17.9 Å². The molecule has 2 aromatic rings. The van der Waals surface area contributed by atoms with Crippen molar-refractivity contribution < 1.29 is 38.4 Å². The summed E-state index contributed by atoms with van der Waals surface area (Å²) in [5, 5.41) is 10.1. The Bertz CT molecular complexity index is 946. The predicted octanol–water partition coefficient (Wildman–Crippen LogP) is 3.18. The van der Waals surface area contributed by atoms with Crippen molar-refractivity contribution >= 4 is 17.9 Å². The van der Waals surface area contributed by atoms with Crippen molar-refractivity contribution in [2.75, 3.05) is 13.2 Å². The smallest absolute Gasteiger partial charge is 0.338 e. The van der Waals surface area contributed by atoms with Gasteiger partial charge in [-0.2, -0.15) is 0 Å². The third kappa shape index (κ3) is 7.13. The number of rotatable bonds is 7. The van der Waals surface area contributed by atoms with Crippen LogP contribution in [0.2, 0.25) is 0 Å². The van der Waals surface area contributed by atoms with Gasteiger partial charge in [-0.25, -0.2) is 9.59 Å². The van der Waals surface area contributed by atoms with Gasteiger partial charge in [0.2, 0.25) is 0 Å². The molecule has 0 radical (unpaired) electrons. The Hall–Kier alpha value is -3.23. The van der Waals surface area contributed by atoms with Gasteiger partial charge in [0.05, 0.1) is 17.7 Å². The van der Waals surface area contributed by atoms with E-state index in [9.17, 15) is 19.5 Å². The molecule has 34 heavy (non-hydrogen) atoms. The average molecular weight is 471 g/mol. The van der Waals surface area contributed by atoms with Crippen molar-refractivity contribution in [3.8, 4) is 0 Å². The van der Waals surface area contributed by atoms with Crippen molar-refractivity contribution in [1.82, 2.24) is 0 Å². The van der Waals surface area contributed by atoms with E-state index in [0.717, 1.165) is 0 Å². The minimum atomic E-state index is -0.895. The summed E-state index contributed by atoms with van der Waals surface area (Å²) in [4.78, 5) is 36.8. The third-order valence-electron chi connectivity index (χ3n) is 5.61. The molecule has 0 saturated carbocycles. The molecule has 1 N–H and O–H groups in total. The van der Waals surface area contributed by atoms with Crippen LogP contribution in [0, 0.1) is 5.92 Å². The lowest BCUT2D eigenvalue weighted by atomic mass is 9.90. The molecule has 0 aromatic heterocycles. The number of hydrogen-bond acceptors (Lipinski definition) is 8. The predicted molar refractivity (Wildman–Crippen MR) is 122 cm³/mol. The maximum atomic E-state index is 12.7. The minimum absolute atomic E-state index is 0.0556. The molecule has 0 bridgehead atoms. The van der Waals surface area contributed by atoms with Crippen LogP contribution in [0.5, 0.6) is 0 Å². The molecule has 1 fully saturated rings. The molecule has 0 spiro atoms. The van der Waals surface area contributed by atoms with Crippen molar-refractivity contribution in [1.29, 1.82) is 0 Å².